The van der Waals surface area contributed by atoms with Crippen molar-refractivity contribution in [2.75, 3.05) is 26.2 Å². The highest BCUT2D eigenvalue weighted by atomic mass is 16.1. The van der Waals surface area contributed by atoms with Crippen LogP contribution in [0.2, 0.25) is 0 Å². The van der Waals surface area contributed by atoms with Gasteiger partial charge in [-0.3, -0.25) is 14.6 Å². The van der Waals surface area contributed by atoms with Crippen molar-refractivity contribution >= 4 is 5.78 Å². The Hall–Kier alpha value is -1.19. The first kappa shape index (κ1) is 13.8. The molecule has 3 heteroatoms. The van der Waals surface area contributed by atoms with Gasteiger partial charge >= 0.3 is 0 Å². The maximum Gasteiger partial charge on any atom is 0.163 e. The quantitative estimate of drug-likeness (QED) is 0.844. The van der Waals surface area contributed by atoms with Gasteiger partial charge in [-0.1, -0.05) is 12.1 Å². The van der Waals surface area contributed by atoms with Gasteiger partial charge < -0.3 is 0 Å². The lowest BCUT2D eigenvalue weighted by Gasteiger charge is -2.37. The van der Waals surface area contributed by atoms with E-state index in [0.29, 0.717) is 18.2 Å². The molecule has 0 N–H and O–H groups in total. The predicted octanol–water partition coefficient (Wildman–Crippen LogP) is 2.34. The van der Waals surface area contributed by atoms with E-state index in [2.05, 4.69) is 41.8 Å². The average Bonchev–Trinajstić information content (AvgIpc) is 2.81. The Morgan fingerprint density at radius 2 is 1.85 bits per heavy atom. The number of piperazine rings is 1. The lowest BCUT2D eigenvalue weighted by Crippen LogP contribution is -2.48. The molecule has 1 fully saturated rings. The number of fused-ring (bicyclic) bond motifs is 1. The normalized spacial score (nSPS) is 20.6. The van der Waals surface area contributed by atoms with Crippen LogP contribution in [0.3, 0.4) is 0 Å². The first-order valence-electron chi connectivity index (χ1n) is 7.75. The molecule has 0 atom stereocenters. The van der Waals surface area contributed by atoms with E-state index >= 15 is 0 Å². The van der Waals surface area contributed by atoms with Gasteiger partial charge in [-0.2, -0.15) is 0 Å². The molecular weight excluding hydrogens is 248 g/mol. The Morgan fingerprint density at radius 3 is 2.55 bits per heavy atom. The standard InChI is InChI=1S/C17H24N2O/c1-13(2)19-9-7-18(8-10-19)12-14-3-4-15-5-6-17(20)16(15)11-14/h3-4,11,13H,5-10,12H2,1-2H3. The van der Waals surface area contributed by atoms with E-state index < -0.39 is 0 Å². The third kappa shape index (κ3) is 2.79. The number of hydrogen-bond acceptors (Lipinski definition) is 3. The molecule has 2 aliphatic rings. The molecule has 1 aromatic carbocycles. The molecule has 1 saturated heterocycles. The Bertz CT molecular complexity index is 502. The number of carbonyl (C=O) groups is 1. The molecule has 0 bridgehead atoms. The van der Waals surface area contributed by atoms with Crippen molar-refractivity contribution in [1.82, 2.24) is 9.80 Å². The van der Waals surface area contributed by atoms with Crippen molar-refractivity contribution in [2.24, 2.45) is 0 Å². The second-order valence-corrected chi connectivity index (χ2v) is 6.32. The summed E-state index contributed by atoms with van der Waals surface area (Å²) in [5.74, 6) is 0.325. The van der Waals surface area contributed by atoms with Crippen LogP contribution in [0.1, 0.15) is 41.8 Å². The number of ketones is 1. The average molecular weight is 272 g/mol. The summed E-state index contributed by atoms with van der Waals surface area (Å²) in [5, 5.41) is 0. The largest absolute Gasteiger partial charge is 0.298 e. The van der Waals surface area contributed by atoms with Gasteiger partial charge in [0, 0.05) is 50.7 Å². The minimum Gasteiger partial charge on any atom is -0.298 e. The van der Waals surface area contributed by atoms with Gasteiger partial charge in [0.05, 0.1) is 0 Å². The van der Waals surface area contributed by atoms with Crippen LogP contribution in [-0.4, -0.2) is 47.8 Å². The number of carbonyl (C=O) groups excluding carboxylic acids is 1. The van der Waals surface area contributed by atoms with Crippen LogP contribution in [-0.2, 0) is 13.0 Å². The van der Waals surface area contributed by atoms with Crippen LogP contribution in [0.15, 0.2) is 18.2 Å². The van der Waals surface area contributed by atoms with Gasteiger partial charge in [0.2, 0.25) is 0 Å². The Kier molecular flexibility index (Phi) is 3.90. The summed E-state index contributed by atoms with van der Waals surface area (Å²) < 4.78 is 0. The fraction of sp³-hybridized carbons (Fsp3) is 0.588. The van der Waals surface area contributed by atoms with E-state index in [1.807, 2.05) is 0 Å². The Balaban J connectivity index is 1.62. The third-order valence-corrected chi connectivity index (χ3v) is 4.64. The fourth-order valence-corrected chi connectivity index (χ4v) is 3.28. The Morgan fingerprint density at radius 1 is 1.10 bits per heavy atom. The van der Waals surface area contributed by atoms with E-state index in [4.69, 9.17) is 0 Å². The monoisotopic (exact) mass is 272 g/mol. The lowest BCUT2D eigenvalue weighted by atomic mass is 10.1. The van der Waals surface area contributed by atoms with E-state index in [1.54, 1.807) is 0 Å². The van der Waals surface area contributed by atoms with Crippen LogP contribution < -0.4 is 0 Å². The van der Waals surface area contributed by atoms with Crippen molar-refractivity contribution in [2.45, 2.75) is 39.3 Å². The fourth-order valence-electron chi connectivity index (χ4n) is 3.28. The first-order valence-corrected chi connectivity index (χ1v) is 7.75. The number of benzene rings is 1. The second kappa shape index (κ2) is 5.66. The molecular formula is C17H24N2O. The van der Waals surface area contributed by atoms with Gasteiger partial charge in [-0.15, -0.1) is 0 Å². The van der Waals surface area contributed by atoms with E-state index in [0.717, 1.165) is 44.7 Å². The minimum atomic E-state index is 0.325. The van der Waals surface area contributed by atoms with Gasteiger partial charge in [-0.05, 0) is 37.5 Å². The number of Topliss-reactive ketones (excluding diaryl/α,β-unsaturated/α-hetero) is 1. The number of rotatable bonds is 3. The van der Waals surface area contributed by atoms with Gasteiger partial charge in [0.1, 0.15) is 0 Å². The SMILES string of the molecule is CC(C)N1CCN(Cc2ccc3c(c2)C(=O)CC3)CC1. The Labute approximate surface area is 121 Å². The highest BCUT2D eigenvalue weighted by Crippen LogP contribution is 2.23. The molecule has 108 valence electrons. The van der Waals surface area contributed by atoms with Crippen molar-refractivity contribution in [3.05, 3.63) is 34.9 Å². The maximum absolute atomic E-state index is 11.8. The molecule has 0 unspecified atom stereocenters. The van der Waals surface area contributed by atoms with Crippen LogP contribution in [0.4, 0.5) is 0 Å². The molecule has 1 heterocycles. The predicted molar refractivity (Wildman–Crippen MR) is 81.1 cm³/mol. The number of aryl methyl sites for hydroxylation is 1. The summed E-state index contributed by atoms with van der Waals surface area (Å²) in [7, 11) is 0. The zero-order valence-electron chi connectivity index (χ0n) is 12.6. The van der Waals surface area contributed by atoms with E-state index in [-0.39, 0.29) is 0 Å². The molecule has 0 radical (unpaired) electrons. The highest BCUT2D eigenvalue weighted by Gasteiger charge is 2.21. The summed E-state index contributed by atoms with van der Waals surface area (Å²) in [6.45, 7) is 10.1. The molecule has 0 saturated carbocycles. The summed E-state index contributed by atoms with van der Waals surface area (Å²) in [6, 6.07) is 7.13. The van der Waals surface area contributed by atoms with E-state index in [1.165, 1.54) is 11.1 Å². The molecule has 1 aliphatic heterocycles. The van der Waals surface area contributed by atoms with Crippen LogP contribution in [0.25, 0.3) is 0 Å². The molecule has 1 aromatic rings. The van der Waals surface area contributed by atoms with Gasteiger partial charge in [0.15, 0.2) is 5.78 Å². The molecule has 0 spiro atoms. The molecule has 3 nitrogen and oxygen atoms in total. The lowest BCUT2D eigenvalue weighted by molar-refractivity contribution is 0.0992. The van der Waals surface area contributed by atoms with Crippen molar-refractivity contribution < 1.29 is 4.79 Å². The van der Waals surface area contributed by atoms with Gasteiger partial charge in [0.25, 0.3) is 0 Å². The van der Waals surface area contributed by atoms with E-state index in [9.17, 15) is 4.79 Å². The number of nitrogens with zero attached hydrogens (tertiary/aromatic N) is 2. The summed E-state index contributed by atoms with van der Waals surface area (Å²) in [6.07, 6.45) is 1.63. The minimum absolute atomic E-state index is 0.325. The van der Waals surface area contributed by atoms with Crippen molar-refractivity contribution in [3.8, 4) is 0 Å². The molecule has 1 aliphatic carbocycles. The summed E-state index contributed by atoms with van der Waals surface area (Å²) in [5.41, 5.74) is 3.50. The smallest absolute Gasteiger partial charge is 0.163 e. The van der Waals surface area contributed by atoms with Crippen molar-refractivity contribution in [1.29, 1.82) is 0 Å². The summed E-state index contributed by atoms with van der Waals surface area (Å²) >= 11 is 0. The topological polar surface area (TPSA) is 23.6 Å². The zero-order valence-corrected chi connectivity index (χ0v) is 12.6. The van der Waals surface area contributed by atoms with Crippen LogP contribution in [0.5, 0.6) is 0 Å². The third-order valence-electron chi connectivity index (χ3n) is 4.64. The number of hydrogen-bond donors (Lipinski definition) is 0. The van der Waals surface area contributed by atoms with Gasteiger partial charge in [-0.25, -0.2) is 0 Å². The van der Waals surface area contributed by atoms with Crippen LogP contribution >= 0.6 is 0 Å². The molecule has 3 rings (SSSR count). The highest BCUT2D eigenvalue weighted by molar-refractivity contribution is 6.00. The zero-order chi connectivity index (χ0) is 14.1. The molecule has 0 aromatic heterocycles. The van der Waals surface area contributed by atoms with Crippen molar-refractivity contribution in [3.63, 3.8) is 0 Å². The van der Waals surface area contributed by atoms with Crippen LogP contribution in [0, 0.1) is 0 Å². The first-order chi connectivity index (χ1) is 9.63. The molecule has 20 heavy (non-hydrogen) atoms. The summed E-state index contributed by atoms with van der Waals surface area (Å²) in [4.78, 5) is 16.8. The molecule has 0 amide bonds. The maximum atomic E-state index is 11.8. The second-order valence-electron chi connectivity index (χ2n) is 6.32.